The van der Waals surface area contributed by atoms with Crippen LogP contribution < -0.4 is 0 Å². The predicted molar refractivity (Wildman–Crippen MR) is 59.9 cm³/mol. The maximum absolute atomic E-state index is 4.08. The van der Waals surface area contributed by atoms with Gasteiger partial charge in [0.05, 0.1) is 0 Å². The van der Waals surface area contributed by atoms with Gasteiger partial charge in [0.2, 0.25) is 0 Å². The molecule has 0 aliphatic rings. The predicted octanol–water partition coefficient (Wildman–Crippen LogP) is 3.40. The normalized spacial score (nSPS) is 9.54. The Morgan fingerprint density at radius 1 is 1.46 bits per heavy atom. The first-order valence-electron chi connectivity index (χ1n) is 4.43. The first-order valence-corrected chi connectivity index (χ1v) is 4.43. The quantitative estimate of drug-likeness (QED) is 0.676. The zero-order chi connectivity index (χ0) is 10.3. The standard InChI is InChI=1S/C8H11N3.C2H6/c1-4-10-8-7(9-3)6(2)5-11-8;1-2/h4-5,11H,3H2,1-2H3;1-2H3/b10-4-;. The second kappa shape index (κ2) is 6.17. The molecule has 0 bridgehead atoms. The van der Waals surface area contributed by atoms with Crippen LogP contribution in [0.2, 0.25) is 0 Å². The van der Waals surface area contributed by atoms with Gasteiger partial charge in [0.25, 0.3) is 0 Å². The van der Waals surface area contributed by atoms with E-state index in [9.17, 15) is 0 Å². The number of aromatic nitrogens is 1. The van der Waals surface area contributed by atoms with E-state index in [1.54, 1.807) is 6.21 Å². The lowest BCUT2D eigenvalue weighted by atomic mass is 10.3. The molecule has 0 unspecified atom stereocenters. The van der Waals surface area contributed by atoms with Crippen LogP contribution in [-0.2, 0) is 0 Å². The van der Waals surface area contributed by atoms with Gasteiger partial charge in [-0.15, -0.1) is 0 Å². The van der Waals surface area contributed by atoms with Crippen LogP contribution in [-0.4, -0.2) is 17.9 Å². The van der Waals surface area contributed by atoms with Crippen molar-refractivity contribution in [2.75, 3.05) is 0 Å². The third-order valence-electron chi connectivity index (χ3n) is 1.44. The third kappa shape index (κ3) is 2.86. The van der Waals surface area contributed by atoms with Crippen molar-refractivity contribution in [3.8, 4) is 0 Å². The molecule has 1 heterocycles. The molecule has 1 N–H and O–H groups in total. The molecule has 3 nitrogen and oxygen atoms in total. The second-order valence-corrected chi connectivity index (χ2v) is 2.21. The minimum atomic E-state index is 0.778. The van der Waals surface area contributed by atoms with Gasteiger partial charge in [0.1, 0.15) is 5.69 Å². The van der Waals surface area contributed by atoms with Crippen molar-refractivity contribution in [2.24, 2.45) is 9.98 Å². The van der Waals surface area contributed by atoms with Crippen LogP contribution in [0.4, 0.5) is 11.5 Å². The van der Waals surface area contributed by atoms with E-state index in [1.165, 1.54) is 0 Å². The van der Waals surface area contributed by atoms with Gasteiger partial charge in [0, 0.05) is 12.4 Å². The summed E-state index contributed by atoms with van der Waals surface area (Å²) in [5.41, 5.74) is 1.91. The fourth-order valence-corrected chi connectivity index (χ4v) is 0.927. The topological polar surface area (TPSA) is 40.5 Å². The molecule has 1 rings (SSSR count). The number of aliphatic imine (C=N–C) groups is 2. The van der Waals surface area contributed by atoms with Crippen molar-refractivity contribution < 1.29 is 0 Å². The molecule has 0 saturated heterocycles. The second-order valence-electron chi connectivity index (χ2n) is 2.21. The van der Waals surface area contributed by atoms with Crippen LogP contribution in [0.1, 0.15) is 26.3 Å². The highest BCUT2D eigenvalue weighted by molar-refractivity contribution is 5.70. The van der Waals surface area contributed by atoms with Crippen LogP contribution in [0.3, 0.4) is 0 Å². The number of rotatable bonds is 2. The largest absolute Gasteiger partial charge is 0.345 e. The summed E-state index contributed by atoms with van der Waals surface area (Å²) in [7, 11) is 0. The van der Waals surface area contributed by atoms with E-state index in [1.807, 2.05) is 33.9 Å². The molecule has 1 aromatic heterocycles. The molecular weight excluding hydrogens is 162 g/mol. The number of hydrogen-bond donors (Lipinski definition) is 1. The zero-order valence-corrected chi connectivity index (χ0v) is 8.76. The van der Waals surface area contributed by atoms with Crippen molar-refractivity contribution in [3.05, 3.63) is 11.8 Å². The number of aromatic amines is 1. The van der Waals surface area contributed by atoms with Crippen LogP contribution >= 0.6 is 0 Å². The van der Waals surface area contributed by atoms with Crippen LogP contribution in [0.25, 0.3) is 0 Å². The van der Waals surface area contributed by atoms with Gasteiger partial charge in [-0.3, -0.25) is 4.99 Å². The van der Waals surface area contributed by atoms with Gasteiger partial charge in [-0.05, 0) is 26.1 Å². The zero-order valence-electron chi connectivity index (χ0n) is 8.76. The summed E-state index contributed by atoms with van der Waals surface area (Å²) < 4.78 is 0. The van der Waals surface area contributed by atoms with E-state index in [0.717, 1.165) is 17.1 Å². The first kappa shape index (κ1) is 11.6. The average molecular weight is 179 g/mol. The van der Waals surface area contributed by atoms with Crippen molar-refractivity contribution in [2.45, 2.75) is 27.7 Å². The molecule has 0 atom stereocenters. The Balaban J connectivity index is 0.000000671. The highest BCUT2D eigenvalue weighted by atomic mass is 14.9. The van der Waals surface area contributed by atoms with Crippen molar-refractivity contribution in [1.82, 2.24) is 4.98 Å². The minimum absolute atomic E-state index is 0.778. The maximum atomic E-state index is 4.08. The highest BCUT2D eigenvalue weighted by Crippen LogP contribution is 2.29. The Kier molecular flexibility index (Phi) is 5.52. The molecule has 3 heteroatoms. The lowest BCUT2D eigenvalue weighted by Crippen LogP contribution is -1.64. The smallest absolute Gasteiger partial charge is 0.155 e. The van der Waals surface area contributed by atoms with Crippen LogP contribution in [0.5, 0.6) is 0 Å². The Hall–Kier alpha value is -1.38. The Labute approximate surface area is 79.6 Å². The molecule has 1 aromatic rings. The molecule has 0 aromatic carbocycles. The van der Waals surface area contributed by atoms with Gasteiger partial charge in [-0.1, -0.05) is 13.8 Å². The number of H-pyrrole nitrogens is 1. The average Bonchev–Trinajstić information content (AvgIpc) is 2.51. The van der Waals surface area contributed by atoms with E-state index < -0.39 is 0 Å². The molecule has 0 aliphatic heterocycles. The fraction of sp³-hybridized carbons (Fsp3) is 0.400. The highest BCUT2D eigenvalue weighted by Gasteiger charge is 2.02. The van der Waals surface area contributed by atoms with Crippen LogP contribution in [0, 0.1) is 6.92 Å². The Bertz CT molecular complexity index is 284. The lowest BCUT2D eigenvalue weighted by molar-refractivity contribution is 1.33. The minimum Gasteiger partial charge on any atom is -0.345 e. The summed E-state index contributed by atoms with van der Waals surface area (Å²) in [6.07, 6.45) is 3.59. The van der Waals surface area contributed by atoms with E-state index in [0.29, 0.717) is 0 Å². The van der Waals surface area contributed by atoms with E-state index in [2.05, 4.69) is 21.7 Å². The van der Waals surface area contributed by atoms with E-state index in [-0.39, 0.29) is 0 Å². The van der Waals surface area contributed by atoms with E-state index in [4.69, 9.17) is 0 Å². The molecule has 72 valence electrons. The number of aryl methyl sites for hydroxylation is 1. The summed E-state index contributed by atoms with van der Waals surface area (Å²) in [4.78, 5) is 10.9. The summed E-state index contributed by atoms with van der Waals surface area (Å²) >= 11 is 0. The molecule has 0 aliphatic carbocycles. The third-order valence-corrected chi connectivity index (χ3v) is 1.44. The Morgan fingerprint density at radius 3 is 2.54 bits per heavy atom. The van der Waals surface area contributed by atoms with Crippen molar-refractivity contribution in [1.29, 1.82) is 0 Å². The van der Waals surface area contributed by atoms with Crippen LogP contribution in [0.15, 0.2) is 16.2 Å². The fourth-order valence-electron chi connectivity index (χ4n) is 0.927. The molecule has 0 radical (unpaired) electrons. The summed E-state index contributed by atoms with van der Waals surface area (Å²) in [6.45, 7) is 11.3. The van der Waals surface area contributed by atoms with Gasteiger partial charge in [0.15, 0.2) is 5.82 Å². The summed E-state index contributed by atoms with van der Waals surface area (Å²) in [5.74, 6) is 0.778. The Morgan fingerprint density at radius 2 is 2.08 bits per heavy atom. The van der Waals surface area contributed by atoms with Gasteiger partial charge < -0.3 is 4.98 Å². The van der Waals surface area contributed by atoms with E-state index >= 15 is 0 Å². The maximum Gasteiger partial charge on any atom is 0.155 e. The lowest BCUT2D eigenvalue weighted by Gasteiger charge is -1.90. The molecule has 0 saturated carbocycles. The SMILES string of the molecule is C=Nc1c(C)c[nH]c1/N=C\C.CC. The number of nitrogens with one attached hydrogen (secondary N) is 1. The molecule has 0 fully saturated rings. The van der Waals surface area contributed by atoms with Crippen molar-refractivity contribution >= 4 is 24.4 Å². The van der Waals surface area contributed by atoms with Gasteiger partial charge in [-0.2, -0.15) is 0 Å². The summed E-state index contributed by atoms with van der Waals surface area (Å²) in [6, 6.07) is 0. The van der Waals surface area contributed by atoms with Gasteiger partial charge >= 0.3 is 0 Å². The molecule has 0 amide bonds. The van der Waals surface area contributed by atoms with Crippen molar-refractivity contribution in [3.63, 3.8) is 0 Å². The monoisotopic (exact) mass is 179 g/mol. The number of hydrogen-bond acceptors (Lipinski definition) is 2. The number of nitrogens with zero attached hydrogens (tertiary/aromatic N) is 2. The first-order chi connectivity index (χ1) is 6.29. The molecule has 0 spiro atoms. The molecular formula is C10H17N3. The molecule has 13 heavy (non-hydrogen) atoms. The van der Waals surface area contributed by atoms with Gasteiger partial charge in [-0.25, -0.2) is 4.99 Å². The summed E-state index contributed by atoms with van der Waals surface area (Å²) in [5, 5.41) is 0.